The second-order valence-corrected chi connectivity index (χ2v) is 4.27. The average Bonchev–Trinajstić information content (AvgIpc) is 3.04. The van der Waals surface area contributed by atoms with Gasteiger partial charge in [0.15, 0.2) is 5.78 Å². The van der Waals surface area contributed by atoms with Gasteiger partial charge < -0.3 is 0 Å². The molecular formula is C13H13N5O. The molecule has 3 rings (SSSR count). The summed E-state index contributed by atoms with van der Waals surface area (Å²) in [5.74, 6) is 0.0265. The average molecular weight is 255 g/mol. The third-order valence-corrected chi connectivity index (χ3v) is 3.00. The maximum absolute atomic E-state index is 12.3. The minimum absolute atomic E-state index is 0.0265. The van der Waals surface area contributed by atoms with Crippen molar-refractivity contribution in [2.45, 2.75) is 19.9 Å². The monoisotopic (exact) mass is 255 g/mol. The fourth-order valence-electron chi connectivity index (χ4n) is 2.00. The van der Waals surface area contributed by atoms with Gasteiger partial charge in [0.05, 0.1) is 29.7 Å². The number of aromatic nitrogens is 5. The Morgan fingerprint density at radius 3 is 2.95 bits per heavy atom. The van der Waals surface area contributed by atoms with Crippen LogP contribution in [-0.4, -0.2) is 30.2 Å². The summed E-state index contributed by atoms with van der Waals surface area (Å²) in [5.41, 5.74) is 2.24. The number of carbonyl (C=O) groups is 1. The van der Waals surface area contributed by atoms with Crippen LogP contribution in [0.5, 0.6) is 0 Å². The number of fused-ring (bicyclic) bond motifs is 1. The van der Waals surface area contributed by atoms with Crippen LogP contribution in [0.4, 0.5) is 0 Å². The fraction of sp³-hybridized carbons (Fsp3) is 0.231. The summed E-state index contributed by atoms with van der Waals surface area (Å²) in [6.45, 7) is 2.81. The molecule has 0 N–H and O–H groups in total. The highest BCUT2D eigenvalue weighted by Gasteiger charge is 2.14. The minimum Gasteiger partial charge on any atom is -0.294 e. The maximum Gasteiger partial charge on any atom is 0.171 e. The molecule has 0 aliphatic carbocycles. The van der Waals surface area contributed by atoms with E-state index >= 15 is 0 Å². The lowest BCUT2D eigenvalue weighted by atomic mass is 10.1. The van der Waals surface area contributed by atoms with Crippen LogP contribution < -0.4 is 0 Å². The van der Waals surface area contributed by atoms with E-state index in [1.54, 1.807) is 40.2 Å². The van der Waals surface area contributed by atoms with Gasteiger partial charge in [0.2, 0.25) is 0 Å². The highest BCUT2D eigenvalue weighted by molar-refractivity contribution is 6.03. The Labute approximate surface area is 109 Å². The molecule has 0 unspecified atom stereocenters. The van der Waals surface area contributed by atoms with Gasteiger partial charge >= 0.3 is 0 Å². The van der Waals surface area contributed by atoms with Crippen LogP contribution in [-0.2, 0) is 13.0 Å². The van der Waals surface area contributed by atoms with Gasteiger partial charge in [-0.05, 0) is 12.5 Å². The lowest BCUT2D eigenvalue weighted by molar-refractivity contribution is 0.0994. The van der Waals surface area contributed by atoms with Crippen molar-refractivity contribution in [2.24, 2.45) is 0 Å². The number of hydrogen-bond donors (Lipinski definition) is 0. The molecule has 96 valence electrons. The molecule has 3 aromatic heterocycles. The number of ketones is 1. The quantitative estimate of drug-likeness (QED) is 0.660. The van der Waals surface area contributed by atoms with E-state index in [4.69, 9.17) is 0 Å². The summed E-state index contributed by atoms with van der Waals surface area (Å²) in [6.07, 6.45) is 10.5. The highest BCUT2D eigenvalue weighted by Crippen LogP contribution is 2.12. The Morgan fingerprint density at radius 2 is 2.16 bits per heavy atom. The van der Waals surface area contributed by atoms with Crippen LogP contribution in [0.15, 0.2) is 37.2 Å². The Morgan fingerprint density at radius 1 is 1.26 bits per heavy atom. The number of hydrogen-bond acceptors (Lipinski definition) is 4. The van der Waals surface area contributed by atoms with Gasteiger partial charge in [-0.1, -0.05) is 0 Å². The maximum atomic E-state index is 12.3. The molecule has 19 heavy (non-hydrogen) atoms. The molecule has 0 aliphatic rings. The van der Waals surface area contributed by atoms with Crippen LogP contribution in [0.2, 0.25) is 0 Å². The number of Topliss-reactive ketones (excluding diaryl/α,β-unsaturated/α-hetero) is 1. The molecule has 6 nitrogen and oxygen atoms in total. The topological polar surface area (TPSA) is 65.1 Å². The van der Waals surface area contributed by atoms with Gasteiger partial charge in [0, 0.05) is 31.6 Å². The second-order valence-electron chi connectivity index (χ2n) is 4.27. The molecule has 0 saturated heterocycles. The molecule has 0 spiro atoms. The van der Waals surface area contributed by atoms with Crippen molar-refractivity contribution in [1.82, 2.24) is 24.4 Å². The Hall–Kier alpha value is -2.50. The van der Waals surface area contributed by atoms with Crippen LogP contribution in [0, 0.1) is 0 Å². The molecule has 3 heterocycles. The number of aryl methyl sites for hydroxylation is 1. The van der Waals surface area contributed by atoms with Crippen molar-refractivity contribution in [2.75, 3.05) is 0 Å². The third kappa shape index (κ3) is 2.12. The van der Waals surface area contributed by atoms with E-state index in [0.717, 1.165) is 17.6 Å². The Balaban J connectivity index is 1.87. The Bertz CT molecular complexity index is 727. The van der Waals surface area contributed by atoms with Gasteiger partial charge in [-0.15, -0.1) is 0 Å². The molecule has 6 heteroatoms. The molecule has 0 bridgehead atoms. The van der Waals surface area contributed by atoms with Crippen molar-refractivity contribution >= 4 is 11.3 Å². The summed E-state index contributed by atoms with van der Waals surface area (Å²) in [7, 11) is 0. The van der Waals surface area contributed by atoms with Gasteiger partial charge in [-0.3, -0.25) is 14.5 Å². The van der Waals surface area contributed by atoms with Crippen molar-refractivity contribution in [1.29, 1.82) is 0 Å². The molecule has 0 atom stereocenters. The fourth-order valence-corrected chi connectivity index (χ4v) is 2.00. The van der Waals surface area contributed by atoms with E-state index in [0.29, 0.717) is 12.0 Å². The van der Waals surface area contributed by atoms with E-state index in [9.17, 15) is 4.79 Å². The predicted molar refractivity (Wildman–Crippen MR) is 68.9 cm³/mol. The molecular weight excluding hydrogens is 242 g/mol. The molecule has 0 radical (unpaired) electrons. The zero-order chi connectivity index (χ0) is 13.2. The third-order valence-electron chi connectivity index (χ3n) is 3.00. The molecule has 0 amide bonds. The van der Waals surface area contributed by atoms with Crippen molar-refractivity contribution in [3.63, 3.8) is 0 Å². The van der Waals surface area contributed by atoms with E-state index < -0.39 is 0 Å². The minimum atomic E-state index is 0.0265. The van der Waals surface area contributed by atoms with Crippen LogP contribution in [0.25, 0.3) is 5.52 Å². The standard InChI is InChI=1S/C13H13N5O/c1-2-17-9-10(6-15-17)5-13(19)11-7-16-18-4-3-14-8-12(11)18/h3-4,6-9H,2,5H2,1H3. The first kappa shape index (κ1) is 11.6. The van der Waals surface area contributed by atoms with Gasteiger partial charge in [-0.25, -0.2) is 4.52 Å². The summed E-state index contributed by atoms with van der Waals surface area (Å²) >= 11 is 0. The van der Waals surface area contributed by atoms with E-state index in [1.165, 1.54) is 0 Å². The second kappa shape index (κ2) is 4.64. The van der Waals surface area contributed by atoms with E-state index in [-0.39, 0.29) is 5.78 Å². The summed E-state index contributed by atoms with van der Waals surface area (Å²) in [5, 5.41) is 8.30. The van der Waals surface area contributed by atoms with E-state index in [1.807, 2.05) is 13.1 Å². The predicted octanol–water partition coefficient (Wildman–Crippen LogP) is 1.37. The largest absolute Gasteiger partial charge is 0.294 e. The van der Waals surface area contributed by atoms with Crippen LogP contribution >= 0.6 is 0 Å². The number of rotatable bonds is 4. The smallest absolute Gasteiger partial charge is 0.171 e. The first-order valence-corrected chi connectivity index (χ1v) is 6.10. The zero-order valence-corrected chi connectivity index (χ0v) is 10.5. The highest BCUT2D eigenvalue weighted by atomic mass is 16.1. The zero-order valence-electron chi connectivity index (χ0n) is 10.5. The molecule has 0 aliphatic heterocycles. The van der Waals surface area contributed by atoms with Gasteiger partial charge in [-0.2, -0.15) is 10.2 Å². The molecule has 0 saturated carbocycles. The molecule has 3 aromatic rings. The van der Waals surface area contributed by atoms with Crippen molar-refractivity contribution in [3.05, 3.63) is 48.3 Å². The van der Waals surface area contributed by atoms with Crippen molar-refractivity contribution < 1.29 is 4.79 Å². The SMILES string of the molecule is CCn1cc(CC(=O)c2cnn3ccncc23)cn1. The van der Waals surface area contributed by atoms with Crippen LogP contribution in [0.3, 0.4) is 0 Å². The van der Waals surface area contributed by atoms with E-state index in [2.05, 4.69) is 15.2 Å². The lowest BCUT2D eigenvalue weighted by Gasteiger charge is -1.97. The van der Waals surface area contributed by atoms with Gasteiger partial charge in [0.1, 0.15) is 0 Å². The van der Waals surface area contributed by atoms with Crippen molar-refractivity contribution in [3.8, 4) is 0 Å². The summed E-state index contributed by atoms with van der Waals surface area (Å²) < 4.78 is 3.45. The summed E-state index contributed by atoms with van der Waals surface area (Å²) in [4.78, 5) is 16.3. The molecule has 0 aromatic carbocycles. The first-order valence-electron chi connectivity index (χ1n) is 6.10. The summed E-state index contributed by atoms with van der Waals surface area (Å²) in [6, 6.07) is 0. The number of nitrogens with zero attached hydrogens (tertiary/aromatic N) is 5. The first-order chi connectivity index (χ1) is 9.28. The van der Waals surface area contributed by atoms with Crippen LogP contribution in [0.1, 0.15) is 22.8 Å². The Kier molecular flexibility index (Phi) is 2.83. The lowest BCUT2D eigenvalue weighted by Crippen LogP contribution is -2.03. The number of carbonyl (C=O) groups excluding carboxylic acids is 1. The van der Waals surface area contributed by atoms with Gasteiger partial charge in [0.25, 0.3) is 0 Å². The molecule has 0 fully saturated rings. The normalized spacial score (nSPS) is 11.0.